The number of benzene rings is 1. The third kappa shape index (κ3) is 3.62. The number of sulfone groups is 1. The SMILES string of the molecule is C[C@H](O)c1cccc(Cn2ncc3cc(S(=O)(=O)c4cnn(C)c4)ccc3c2=O)n1. The maximum atomic E-state index is 12.8. The van der Waals surface area contributed by atoms with Gasteiger partial charge in [0.1, 0.15) is 4.90 Å². The lowest BCUT2D eigenvalue weighted by molar-refractivity contribution is 0.194. The van der Waals surface area contributed by atoms with Crippen LogP contribution in [0, 0.1) is 0 Å². The predicted octanol–water partition coefficient (Wildman–Crippen LogP) is 1.46. The molecule has 3 aromatic heterocycles. The molecule has 1 aromatic carbocycles. The summed E-state index contributed by atoms with van der Waals surface area (Å²) in [6, 6.07) is 9.53. The molecule has 0 bridgehead atoms. The lowest BCUT2D eigenvalue weighted by Crippen LogP contribution is -2.24. The second-order valence-corrected chi connectivity index (χ2v) is 8.89. The van der Waals surface area contributed by atoms with Crippen LogP contribution in [-0.4, -0.2) is 38.1 Å². The molecule has 0 aliphatic rings. The number of aliphatic hydroxyl groups is 1. The van der Waals surface area contributed by atoms with Crippen molar-refractivity contribution >= 4 is 20.6 Å². The molecule has 1 N–H and O–H groups in total. The highest BCUT2D eigenvalue weighted by atomic mass is 32.2. The Balaban J connectivity index is 1.71. The average molecular weight is 425 g/mol. The van der Waals surface area contributed by atoms with Crippen LogP contribution in [0.3, 0.4) is 0 Å². The third-order valence-electron chi connectivity index (χ3n) is 4.69. The van der Waals surface area contributed by atoms with E-state index in [0.717, 1.165) is 0 Å². The minimum absolute atomic E-state index is 0.0632. The fourth-order valence-electron chi connectivity index (χ4n) is 3.09. The summed E-state index contributed by atoms with van der Waals surface area (Å²) >= 11 is 0. The predicted molar refractivity (Wildman–Crippen MR) is 109 cm³/mol. The van der Waals surface area contributed by atoms with Crippen LogP contribution in [0.25, 0.3) is 10.8 Å². The lowest BCUT2D eigenvalue weighted by Gasteiger charge is -2.09. The van der Waals surface area contributed by atoms with Crippen LogP contribution in [0.1, 0.15) is 24.4 Å². The first kappa shape index (κ1) is 19.9. The van der Waals surface area contributed by atoms with E-state index in [-0.39, 0.29) is 21.9 Å². The molecule has 154 valence electrons. The van der Waals surface area contributed by atoms with Crippen LogP contribution in [-0.2, 0) is 23.4 Å². The van der Waals surface area contributed by atoms with Crippen molar-refractivity contribution in [2.75, 3.05) is 0 Å². The molecule has 0 fully saturated rings. The normalized spacial score (nSPS) is 12.9. The first-order valence-corrected chi connectivity index (χ1v) is 10.6. The van der Waals surface area contributed by atoms with E-state index in [1.165, 1.54) is 46.2 Å². The first-order valence-electron chi connectivity index (χ1n) is 9.13. The maximum Gasteiger partial charge on any atom is 0.274 e. The fraction of sp³-hybridized carbons (Fsp3) is 0.200. The van der Waals surface area contributed by atoms with Crippen LogP contribution >= 0.6 is 0 Å². The van der Waals surface area contributed by atoms with E-state index in [1.54, 1.807) is 32.2 Å². The van der Waals surface area contributed by atoms with Crippen molar-refractivity contribution < 1.29 is 13.5 Å². The quantitative estimate of drug-likeness (QED) is 0.514. The molecule has 10 heteroatoms. The fourth-order valence-corrected chi connectivity index (χ4v) is 4.37. The minimum Gasteiger partial charge on any atom is -0.387 e. The van der Waals surface area contributed by atoms with Crippen LogP contribution in [0.15, 0.2) is 69.6 Å². The molecule has 9 nitrogen and oxygen atoms in total. The van der Waals surface area contributed by atoms with Gasteiger partial charge in [0.15, 0.2) is 0 Å². The molecule has 0 spiro atoms. The Morgan fingerprint density at radius 1 is 1.10 bits per heavy atom. The number of aryl methyl sites for hydroxylation is 1. The van der Waals surface area contributed by atoms with Gasteiger partial charge in [-0.15, -0.1) is 0 Å². The topological polar surface area (TPSA) is 120 Å². The Bertz CT molecular complexity index is 1410. The number of hydrogen-bond acceptors (Lipinski definition) is 7. The standard InChI is InChI=1S/C20H19N5O4S/c1-13(26)19-5-3-4-15(23-19)11-25-20(27)18-7-6-16(8-14(18)9-22-25)30(28,29)17-10-21-24(2)12-17/h3-10,12-13,26H,11H2,1-2H3/t13-/m0/s1. The summed E-state index contributed by atoms with van der Waals surface area (Å²) in [5, 5.41) is 18.5. The highest BCUT2D eigenvalue weighted by Gasteiger charge is 2.20. The average Bonchev–Trinajstić information content (AvgIpc) is 3.17. The second kappa shape index (κ2) is 7.47. The van der Waals surface area contributed by atoms with Crippen molar-refractivity contribution in [1.82, 2.24) is 24.5 Å². The van der Waals surface area contributed by atoms with E-state index in [1.807, 2.05) is 0 Å². The van der Waals surface area contributed by atoms with E-state index >= 15 is 0 Å². The van der Waals surface area contributed by atoms with Gasteiger partial charge in [0.05, 0.1) is 46.7 Å². The lowest BCUT2D eigenvalue weighted by atomic mass is 10.2. The van der Waals surface area contributed by atoms with Gasteiger partial charge in [0, 0.05) is 18.6 Å². The molecule has 0 saturated carbocycles. The molecule has 0 saturated heterocycles. The Morgan fingerprint density at radius 2 is 1.90 bits per heavy atom. The van der Waals surface area contributed by atoms with Crippen molar-refractivity contribution in [3.8, 4) is 0 Å². The zero-order valence-corrected chi connectivity index (χ0v) is 17.1. The Labute approximate surface area is 172 Å². The van der Waals surface area contributed by atoms with Crippen molar-refractivity contribution in [3.05, 3.63) is 76.7 Å². The zero-order valence-electron chi connectivity index (χ0n) is 16.3. The first-order chi connectivity index (χ1) is 14.3. The molecule has 0 aliphatic carbocycles. The number of fused-ring (bicyclic) bond motifs is 1. The number of aliphatic hydroxyl groups excluding tert-OH is 1. The molecule has 4 rings (SSSR count). The monoisotopic (exact) mass is 425 g/mol. The highest BCUT2D eigenvalue weighted by Crippen LogP contribution is 2.23. The molecule has 0 unspecified atom stereocenters. The summed E-state index contributed by atoms with van der Waals surface area (Å²) in [6.07, 6.45) is 3.44. The van der Waals surface area contributed by atoms with Crippen molar-refractivity contribution in [2.24, 2.45) is 7.05 Å². The maximum absolute atomic E-state index is 12.8. The molecule has 1 atom stereocenters. The zero-order chi connectivity index (χ0) is 21.5. The summed E-state index contributed by atoms with van der Waals surface area (Å²) in [4.78, 5) is 17.3. The summed E-state index contributed by atoms with van der Waals surface area (Å²) in [7, 11) is -2.11. The minimum atomic E-state index is -3.75. The van der Waals surface area contributed by atoms with E-state index in [2.05, 4.69) is 15.2 Å². The Kier molecular flexibility index (Phi) is 4.96. The van der Waals surface area contributed by atoms with Gasteiger partial charge in [-0.3, -0.25) is 14.5 Å². The van der Waals surface area contributed by atoms with E-state index in [4.69, 9.17) is 0 Å². The summed E-state index contributed by atoms with van der Waals surface area (Å²) in [5.41, 5.74) is 0.729. The van der Waals surface area contributed by atoms with Crippen LogP contribution in [0.4, 0.5) is 0 Å². The van der Waals surface area contributed by atoms with Crippen molar-refractivity contribution in [3.63, 3.8) is 0 Å². The second-order valence-electron chi connectivity index (χ2n) is 6.94. The van der Waals surface area contributed by atoms with Crippen molar-refractivity contribution in [2.45, 2.75) is 29.4 Å². The van der Waals surface area contributed by atoms with Gasteiger partial charge in [0.2, 0.25) is 9.84 Å². The van der Waals surface area contributed by atoms with Gasteiger partial charge >= 0.3 is 0 Å². The van der Waals surface area contributed by atoms with Crippen LogP contribution in [0.2, 0.25) is 0 Å². The van der Waals surface area contributed by atoms with E-state index in [0.29, 0.717) is 22.2 Å². The molecule has 30 heavy (non-hydrogen) atoms. The van der Waals surface area contributed by atoms with Gasteiger partial charge in [-0.05, 0) is 37.3 Å². The Morgan fingerprint density at radius 3 is 2.60 bits per heavy atom. The van der Waals surface area contributed by atoms with E-state index in [9.17, 15) is 18.3 Å². The summed E-state index contributed by atoms with van der Waals surface area (Å²) in [5.74, 6) is 0. The molecule has 0 radical (unpaired) electrons. The van der Waals surface area contributed by atoms with Crippen molar-refractivity contribution in [1.29, 1.82) is 0 Å². The third-order valence-corrected chi connectivity index (χ3v) is 6.40. The number of nitrogens with zero attached hydrogens (tertiary/aromatic N) is 5. The molecular weight excluding hydrogens is 406 g/mol. The van der Waals surface area contributed by atoms with Crippen LogP contribution in [0.5, 0.6) is 0 Å². The van der Waals surface area contributed by atoms with Gasteiger partial charge in [-0.1, -0.05) is 6.07 Å². The highest BCUT2D eigenvalue weighted by molar-refractivity contribution is 7.91. The van der Waals surface area contributed by atoms with Gasteiger partial charge in [-0.25, -0.2) is 13.1 Å². The van der Waals surface area contributed by atoms with Gasteiger partial charge in [0.25, 0.3) is 5.56 Å². The number of hydrogen-bond donors (Lipinski definition) is 1. The summed E-state index contributed by atoms with van der Waals surface area (Å²) < 4.78 is 28.2. The largest absolute Gasteiger partial charge is 0.387 e. The Hall–Kier alpha value is -3.37. The number of pyridine rings is 1. The van der Waals surface area contributed by atoms with Gasteiger partial charge in [-0.2, -0.15) is 10.2 Å². The number of rotatable bonds is 5. The molecule has 0 amide bonds. The van der Waals surface area contributed by atoms with Gasteiger partial charge < -0.3 is 5.11 Å². The van der Waals surface area contributed by atoms with Crippen LogP contribution < -0.4 is 5.56 Å². The molecule has 0 aliphatic heterocycles. The number of aromatic nitrogens is 5. The van der Waals surface area contributed by atoms with E-state index < -0.39 is 15.9 Å². The molecule has 4 aromatic rings. The molecular formula is C20H19N5O4S. The summed E-state index contributed by atoms with van der Waals surface area (Å²) in [6.45, 7) is 1.74. The molecule has 3 heterocycles. The smallest absolute Gasteiger partial charge is 0.274 e.